The van der Waals surface area contributed by atoms with Crippen molar-refractivity contribution in [1.82, 2.24) is 20.9 Å². The Balaban J connectivity index is 2.15. The van der Waals surface area contributed by atoms with E-state index in [0.29, 0.717) is 25.8 Å². The molecule has 0 fully saturated rings. The quantitative estimate of drug-likeness (QED) is 0.113. The molecule has 13 heteroatoms. The van der Waals surface area contributed by atoms with E-state index in [0.717, 1.165) is 16.5 Å². The zero-order valence-corrected chi connectivity index (χ0v) is 23.7. The van der Waals surface area contributed by atoms with Crippen molar-refractivity contribution < 1.29 is 29.1 Å². The number of nitrogens with two attached hydrogens (primary N) is 3. The fourth-order valence-electron chi connectivity index (χ4n) is 4.43. The molecule has 0 aliphatic rings. The van der Waals surface area contributed by atoms with Gasteiger partial charge in [0.05, 0.1) is 6.04 Å². The molecule has 1 aromatic heterocycles. The van der Waals surface area contributed by atoms with Crippen molar-refractivity contribution in [2.45, 2.75) is 83.0 Å². The third-order valence-electron chi connectivity index (χ3n) is 7.12. The van der Waals surface area contributed by atoms with Crippen LogP contribution < -0.4 is 33.2 Å². The van der Waals surface area contributed by atoms with Crippen molar-refractivity contribution in [2.75, 3.05) is 6.54 Å². The predicted octanol–water partition coefficient (Wildman–Crippen LogP) is 0.0173. The largest absolute Gasteiger partial charge is 0.480 e. The highest BCUT2D eigenvalue weighted by atomic mass is 16.4. The molecule has 0 bridgehead atoms. The number of nitrogens with one attached hydrogen (secondary N) is 4. The number of carbonyl (C=O) groups excluding carboxylic acids is 4. The number of para-hydroxylation sites is 1. The van der Waals surface area contributed by atoms with Gasteiger partial charge in [-0.1, -0.05) is 38.5 Å². The van der Waals surface area contributed by atoms with E-state index in [-0.39, 0.29) is 31.6 Å². The smallest absolute Gasteiger partial charge is 0.326 e. The van der Waals surface area contributed by atoms with Crippen LogP contribution in [0, 0.1) is 5.92 Å². The topological polar surface area (TPSA) is 236 Å². The van der Waals surface area contributed by atoms with Gasteiger partial charge in [-0.3, -0.25) is 19.2 Å². The lowest BCUT2D eigenvalue weighted by atomic mass is 9.96. The van der Waals surface area contributed by atoms with E-state index in [1.165, 1.54) is 0 Å². The van der Waals surface area contributed by atoms with Crippen LogP contribution in [0.15, 0.2) is 30.5 Å². The average molecular weight is 574 g/mol. The molecule has 1 aromatic carbocycles. The Labute approximate surface area is 239 Å². The van der Waals surface area contributed by atoms with Crippen molar-refractivity contribution >= 4 is 40.5 Å². The van der Waals surface area contributed by atoms with Crippen LogP contribution in [0.4, 0.5) is 0 Å². The number of aliphatic carboxylic acids is 1. The number of carboxylic acids is 1. The number of hydrogen-bond donors (Lipinski definition) is 8. The van der Waals surface area contributed by atoms with E-state index in [9.17, 15) is 29.1 Å². The molecular formula is C28H43N7O6. The summed E-state index contributed by atoms with van der Waals surface area (Å²) in [6, 6.07) is 3.12. The number of primary amides is 1. The van der Waals surface area contributed by atoms with Crippen LogP contribution in [0.5, 0.6) is 0 Å². The van der Waals surface area contributed by atoms with Gasteiger partial charge in [0, 0.05) is 23.5 Å². The Bertz CT molecular complexity index is 1200. The second-order valence-corrected chi connectivity index (χ2v) is 10.3. The van der Waals surface area contributed by atoms with Gasteiger partial charge in [0.2, 0.25) is 23.6 Å². The molecule has 13 nitrogen and oxygen atoms in total. The number of aromatic nitrogens is 1. The first-order chi connectivity index (χ1) is 19.5. The zero-order valence-electron chi connectivity index (χ0n) is 23.7. The second kappa shape index (κ2) is 16.3. The Morgan fingerprint density at radius 3 is 2.27 bits per heavy atom. The number of H-pyrrole nitrogens is 1. The first-order valence-corrected chi connectivity index (χ1v) is 13.9. The fraction of sp³-hybridized carbons (Fsp3) is 0.536. The number of amides is 4. The minimum atomic E-state index is -1.21. The maximum atomic E-state index is 13.3. The van der Waals surface area contributed by atoms with E-state index >= 15 is 0 Å². The number of fused-ring (bicyclic) bond motifs is 1. The molecule has 0 saturated heterocycles. The molecule has 0 radical (unpaired) electrons. The van der Waals surface area contributed by atoms with Gasteiger partial charge in [0.1, 0.15) is 18.1 Å². The van der Waals surface area contributed by atoms with Crippen LogP contribution in [0.2, 0.25) is 0 Å². The molecular weight excluding hydrogens is 530 g/mol. The van der Waals surface area contributed by atoms with Crippen molar-refractivity contribution in [1.29, 1.82) is 0 Å². The minimum Gasteiger partial charge on any atom is -0.480 e. The van der Waals surface area contributed by atoms with Crippen LogP contribution in [0.25, 0.3) is 10.9 Å². The molecule has 11 N–H and O–H groups in total. The summed E-state index contributed by atoms with van der Waals surface area (Å²) in [5, 5.41) is 18.2. The highest BCUT2D eigenvalue weighted by molar-refractivity contribution is 5.94. The van der Waals surface area contributed by atoms with Gasteiger partial charge in [0.15, 0.2) is 0 Å². The molecule has 4 amide bonds. The lowest BCUT2D eigenvalue weighted by molar-refractivity contribution is -0.143. The first kappa shape index (κ1) is 33.2. The first-order valence-electron chi connectivity index (χ1n) is 13.9. The molecule has 1 heterocycles. The fourth-order valence-corrected chi connectivity index (χ4v) is 4.43. The molecule has 226 valence electrons. The monoisotopic (exact) mass is 573 g/mol. The van der Waals surface area contributed by atoms with Crippen molar-refractivity contribution in [3.05, 3.63) is 36.0 Å². The number of carboxylic acid groups (broad SMARTS) is 1. The van der Waals surface area contributed by atoms with Gasteiger partial charge in [-0.2, -0.15) is 0 Å². The molecule has 2 rings (SSSR count). The second-order valence-electron chi connectivity index (χ2n) is 10.3. The van der Waals surface area contributed by atoms with Gasteiger partial charge < -0.3 is 43.2 Å². The number of benzene rings is 1. The van der Waals surface area contributed by atoms with Crippen LogP contribution >= 0.6 is 0 Å². The number of rotatable bonds is 18. The summed E-state index contributed by atoms with van der Waals surface area (Å²) in [7, 11) is 0. The highest BCUT2D eigenvalue weighted by Crippen LogP contribution is 2.19. The Morgan fingerprint density at radius 1 is 0.951 bits per heavy atom. The molecule has 0 spiro atoms. The minimum absolute atomic E-state index is 0.113. The van der Waals surface area contributed by atoms with Crippen molar-refractivity contribution in [3.63, 3.8) is 0 Å². The predicted molar refractivity (Wildman–Crippen MR) is 154 cm³/mol. The third kappa shape index (κ3) is 10.2. The third-order valence-corrected chi connectivity index (χ3v) is 7.12. The summed E-state index contributed by atoms with van der Waals surface area (Å²) >= 11 is 0. The lowest BCUT2D eigenvalue weighted by Gasteiger charge is -2.28. The molecule has 41 heavy (non-hydrogen) atoms. The Kier molecular flexibility index (Phi) is 13.2. The van der Waals surface area contributed by atoms with Crippen LogP contribution in [0.1, 0.15) is 57.9 Å². The summed E-state index contributed by atoms with van der Waals surface area (Å²) in [4.78, 5) is 65.8. The van der Waals surface area contributed by atoms with Gasteiger partial charge in [0.25, 0.3) is 0 Å². The Morgan fingerprint density at radius 2 is 1.63 bits per heavy atom. The maximum absolute atomic E-state index is 13.3. The van der Waals surface area contributed by atoms with Crippen molar-refractivity contribution in [3.8, 4) is 0 Å². The van der Waals surface area contributed by atoms with Crippen LogP contribution in [-0.4, -0.2) is 70.4 Å². The number of hydrogen-bond acceptors (Lipinski definition) is 7. The molecule has 0 aliphatic heterocycles. The lowest BCUT2D eigenvalue weighted by Crippen LogP contribution is -2.58. The van der Waals surface area contributed by atoms with Gasteiger partial charge in [-0.25, -0.2) is 4.79 Å². The molecule has 2 aromatic rings. The number of unbranched alkanes of at least 4 members (excludes halogenated alkanes) is 1. The molecule has 0 aliphatic carbocycles. The van der Waals surface area contributed by atoms with Crippen LogP contribution in [-0.2, 0) is 30.4 Å². The molecule has 5 unspecified atom stereocenters. The summed E-state index contributed by atoms with van der Waals surface area (Å²) < 4.78 is 0. The number of aromatic amines is 1. The van der Waals surface area contributed by atoms with E-state index in [1.807, 2.05) is 31.2 Å². The molecule has 0 saturated carbocycles. The van der Waals surface area contributed by atoms with E-state index in [1.54, 1.807) is 13.1 Å². The van der Waals surface area contributed by atoms with Gasteiger partial charge in [-0.05, 0) is 56.2 Å². The highest BCUT2D eigenvalue weighted by Gasteiger charge is 2.33. The zero-order chi connectivity index (χ0) is 30.5. The van der Waals surface area contributed by atoms with E-state index in [2.05, 4.69) is 20.9 Å². The number of carbonyl (C=O) groups is 5. The normalized spacial score (nSPS) is 14.8. The molecule has 5 atom stereocenters. The summed E-state index contributed by atoms with van der Waals surface area (Å²) in [6.45, 7) is 3.96. The summed E-state index contributed by atoms with van der Waals surface area (Å²) in [5.41, 5.74) is 18.7. The van der Waals surface area contributed by atoms with Gasteiger partial charge >= 0.3 is 5.97 Å². The van der Waals surface area contributed by atoms with Crippen molar-refractivity contribution in [2.24, 2.45) is 23.1 Å². The summed E-state index contributed by atoms with van der Waals surface area (Å²) in [6.07, 6.45) is 3.45. The Hall–Kier alpha value is -3.97. The standard InChI is InChI=1S/C28H43N7O6/c1-3-16(2)24(27(39)34-22(28(40)41)10-6-7-13-29)35-26(38)21(11-12-23(31)36)33-25(37)19(30)14-17-15-32-20-9-5-4-8-18(17)20/h4-5,8-9,15-16,19,21-22,24,32H,3,6-7,10-14,29-30H2,1-2H3,(H2,31,36)(H,33,37)(H,34,39)(H,35,38)(H,40,41). The summed E-state index contributed by atoms with van der Waals surface area (Å²) in [5.74, 6) is -4.22. The SMILES string of the molecule is CCC(C)C(NC(=O)C(CCC(N)=O)NC(=O)C(N)Cc1c[nH]c2ccccc12)C(=O)NC(CCCCN)C(=O)O. The van der Waals surface area contributed by atoms with Gasteiger partial charge in [-0.15, -0.1) is 0 Å². The van der Waals surface area contributed by atoms with E-state index < -0.39 is 53.8 Å². The average Bonchev–Trinajstić information content (AvgIpc) is 3.34. The maximum Gasteiger partial charge on any atom is 0.326 e. The van der Waals surface area contributed by atoms with Crippen LogP contribution in [0.3, 0.4) is 0 Å². The van der Waals surface area contributed by atoms with E-state index in [4.69, 9.17) is 17.2 Å².